The van der Waals surface area contributed by atoms with Crippen LogP contribution in [-0.2, 0) is 0 Å². The Kier molecular flexibility index (Phi) is 4.24. The highest BCUT2D eigenvalue weighted by Crippen LogP contribution is 2.42. The molecule has 2 saturated carbocycles. The zero-order valence-corrected chi connectivity index (χ0v) is 12.6. The van der Waals surface area contributed by atoms with Crippen molar-refractivity contribution in [2.75, 3.05) is 5.32 Å². The van der Waals surface area contributed by atoms with Crippen LogP contribution in [0.1, 0.15) is 49.5 Å². The highest BCUT2D eigenvalue weighted by atomic mass is 32.1. The van der Waals surface area contributed by atoms with Crippen LogP contribution < -0.4 is 10.6 Å². The molecule has 5 nitrogen and oxygen atoms in total. The molecule has 9 heteroatoms. The Morgan fingerprint density at radius 2 is 1.95 bits per heavy atom. The molecular weight excluding hydrogens is 317 g/mol. The first kappa shape index (κ1) is 15.5. The number of nitrogens with one attached hydrogen (secondary N) is 2. The van der Waals surface area contributed by atoms with Gasteiger partial charge < -0.3 is 5.32 Å². The molecular formula is C13H17F3N4OS. The maximum Gasteiger partial charge on any atom is 0.391 e. The molecule has 0 unspecified atom stereocenters. The van der Waals surface area contributed by atoms with Gasteiger partial charge in [0.15, 0.2) is 0 Å². The smallest absolute Gasteiger partial charge is 0.335 e. The predicted octanol–water partition coefficient (Wildman–Crippen LogP) is 3.66. The summed E-state index contributed by atoms with van der Waals surface area (Å²) < 4.78 is 38.2. The maximum absolute atomic E-state index is 12.7. The van der Waals surface area contributed by atoms with Crippen LogP contribution >= 0.6 is 11.3 Å². The molecule has 2 amide bonds. The van der Waals surface area contributed by atoms with E-state index in [4.69, 9.17) is 0 Å². The summed E-state index contributed by atoms with van der Waals surface area (Å²) in [6.07, 6.45) is -0.854. The van der Waals surface area contributed by atoms with Crippen LogP contribution in [-0.4, -0.2) is 28.4 Å². The van der Waals surface area contributed by atoms with E-state index < -0.39 is 24.2 Å². The minimum absolute atomic E-state index is 0.0552. The molecule has 2 aliphatic rings. The first-order chi connectivity index (χ1) is 10.4. The lowest BCUT2D eigenvalue weighted by Gasteiger charge is -2.30. The average Bonchev–Trinajstić information content (AvgIpc) is 3.19. The minimum Gasteiger partial charge on any atom is -0.335 e. The van der Waals surface area contributed by atoms with Gasteiger partial charge >= 0.3 is 12.2 Å². The number of alkyl halides is 3. The fourth-order valence-electron chi connectivity index (χ4n) is 2.72. The number of anilines is 1. The molecule has 0 aromatic carbocycles. The molecule has 1 aromatic heterocycles. The van der Waals surface area contributed by atoms with Crippen molar-refractivity contribution < 1.29 is 18.0 Å². The molecule has 2 N–H and O–H groups in total. The second-order valence-corrected chi connectivity index (χ2v) is 6.93. The summed E-state index contributed by atoms with van der Waals surface area (Å²) in [5.41, 5.74) is 0. The van der Waals surface area contributed by atoms with E-state index in [1.54, 1.807) is 0 Å². The number of carbonyl (C=O) groups is 1. The Labute approximate surface area is 129 Å². The molecule has 0 bridgehead atoms. The molecule has 0 saturated heterocycles. The highest BCUT2D eigenvalue weighted by molar-refractivity contribution is 7.15. The predicted molar refractivity (Wildman–Crippen MR) is 75.8 cm³/mol. The first-order valence-corrected chi connectivity index (χ1v) is 8.21. The fourth-order valence-corrected chi connectivity index (χ4v) is 3.62. The monoisotopic (exact) mass is 334 g/mol. The van der Waals surface area contributed by atoms with E-state index in [0.717, 1.165) is 17.8 Å². The number of aromatic nitrogens is 2. The van der Waals surface area contributed by atoms with Crippen molar-refractivity contribution >= 4 is 22.5 Å². The van der Waals surface area contributed by atoms with Crippen molar-refractivity contribution in [1.82, 2.24) is 15.5 Å². The normalized spacial score (nSPS) is 25.8. The molecule has 22 heavy (non-hydrogen) atoms. The van der Waals surface area contributed by atoms with Gasteiger partial charge in [0.05, 0.1) is 5.92 Å². The lowest BCUT2D eigenvalue weighted by molar-refractivity contribution is -0.183. The molecule has 0 aliphatic heterocycles. The molecule has 1 aromatic rings. The Hall–Kier alpha value is -1.38. The van der Waals surface area contributed by atoms with Crippen LogP contribution in [0.5, 0.6) is 0 Å². The van der Waals surface area contributed by atoms with Gasteiger partial charge in [0, 0.05) is 12.0 Å². The third-order valence-corrected chi connectivity index (χ3v) is 5.06. The number of hydrogen-bond donors (Lipinski definition) is 2. The topological polar surface area (TPSA) is 66.9 Å². The minimum atomic E-state index is -4.19. The van der Waals surface area contributed by atoms with Crippen molar-refractivity contribution in [2.24, 2.45) is 5.92 Å². The van der Waals surface area contributed by atoms with Crippen LogP contribution in [0.15, 0.2) is 0 Å². The average molecular weight is 334 g/mol. The van der Waals surface area contributed by atoms with Gasteiger partial charge in [-0.25, -0.2) is 4.79 Å². The Morgan fingerprint density at radius 1 is 1.18 bits per heavy atom. The number of hydrogen-bond acceptors (Lipinski definition) is 4. The van der Waals surface area contributed by atoms with Crippen LogP contribution in [0, 0.1) is 5.92 Å². The molecule has 3 rings (SSSR count). The molecule has 0 spiro atoms. The molecule has 2 atom stereocenters. The van der Waals surface area contributed by atoms with E-state index in [1.165, 1.54) is 11.3 Å². The van der Waals surface area contributed by atoms with Gasteiger partial charge in [-0.05, 0) is 32.1 Å². The summed E-state index contributed by atoms with van der Waals surface area (Å²) in [7, 11) is 0. The van der Waals surface area contributed by atoms with Crippen LogP contribution in [0.4, 0.5) is 23.1 Å². The van der Waals surface area contributed by atoms with Gasteiger partial charge in [-0.15, -0.1) is 10.2 Å². The van der Waals surface area contributed by atoms with Crippen molar-refractivity contribution in [2.45, 2.75) is 56.7 Å². The summed E-state index contributed by atoms with van der Waals surface area (Å²) in [5, 5.41) is 14.4. The van der Waals surface area contributed by atoms with Crippen LogP contribution in [0.2, 0.25) is 0 Å². The summed E-state index contributed by atoms with van der Waals surface area (Å²) in [6.45, 7) is 0. The number of nitrogens with zero attached hydrogens (tertiary/aromatic N) is 2. The van der Waals surface area contributed by atoms with E-state index >= 15 is 0 Å². The molecule has 1 heterocycles. The summed E-state index contributed by atoms with van der Waals surface area (Å²) in [5.74, 6) is -0.864. The number of urea groups is 1. The Morgan fingerprint density at radius 3 is 2.64 bits per heavy atom. The van der Waals surface area contributed by atoms with Crippen molar-refractivity contribution in [3.05, 3.63) is 5.01 Å². The van der Waals surface area contributed by atoms with Crippen molar-refractivity contribution in [3.63, 3.8) is 0 Å². The summed E-state index contributed by atoms with van der Waals surface area (Å²) >= 11 is 1.32. The second kappa shape index (κ2) is 6.02. The Bertz CT molecular complexity index is 544. The fraction of sp³-hybridized carbons (Fsp3) is 0.769. The molecule has 0 radical (unpaired) electrons. The molecule has 2 fully saturated rings. The van der Waals surface area contributed by atoms with E-state index in [0.29, 0.717) is 23.9 Å². The van der Waals surface area contributed by atoms with Gasteiger partial charge in [0.2, 0.25) is 5.13 Å². The van der Waals surface area contributed by atoms with E-state index in [9.17, 15) is 18.0 Å². The zero-order valence-electron chi connectivity index (χ0n) is 11.8. The summed E-state index contributed by atoms with van der Waals surface area (Å²) in [6, 6.07) is -0.956. The van der Waals surface area contributed by atoms with Gasteiger partial charge in [0.25, 0.3) is 0 Å². The largest absolute Gasteiger partial charge is 0.391 e. The number of carbonyl (C=O) groups excluding carboxylic acids is 1. The third-order valence-electron chi connectivity index (χ3n) is 4.06. The number of amides is 2. The van der Waals surface area contributed by atoms with Gasteiger partial charge in [-0.1, -0.05) is 17.8 Å². The standard InChI is InChI=1S/C13H17F3N4OS/c14-13(15,16)8-2-1-3-9(6-8)17-11(21)18-12-20-19-10(22-12)7-4-5-7/h7-9H,1-6H2,(H2,17,18,20,21)/t8-,9-/m0/s1. The van der Waals surface area contributed by atoms with Crippen LogP contribution in [0.25, 0.3) is 0 Å². The van der Waals surface area contributed by atoms with Crippen molar-refractivity contribution in [3.8, 4) is 0 Å². The zero-order chi connectivity index (χ0) is 15.7. The quantitative estimate of drug-likeness (QED) is 0.886. The number of halogens is 3. The Balaban J connectivity index is 1.50. The van der Waals surface area contributed by atoms with Gasteiger partial charge in [0.1, 0.15) is 5.01 Å². The third kappa shape index (κ3) is 3.88. The van der Waals surface area contributed by atoms with E-state index in [2.05, 4.69) is 20.8 Å². The van der Waals surface area contributed by atoms with E-state index in [1.807, 2.05) is 0 Å². The molecule has 122 valence electrons. The number of rotatable bonds is 3. The summed E-state index contributed by atoms with van der Waals surface area (Å²) in [4.78, 5) is 11.9. The first-order valence-electron chi connectivity index (χ1n) is 7.39. The van der Waals surface area contributed by atoms with Gasteiger partial charge in [-0.2, -0.15) is 13.2 Å². The lowest BCUT2D eigenvalue weighted by atomic mass is 9.85. The molecule has 2 aliphatic carbocycles. The second-order valence-electron chi connectivity index (χ2n) is 5.92. The maximum atomic E-state index is 12.7. The van der Waals surface area contributed by atoms with Crippen molar-refractivity contribution in [1.29, 1.82) is 0 Å². The lowest BCUT2D eigenvalue weighted by Crippen LogP contribution is -2.43. The van der Waals surface area contributed by atoms with Crippen LogP contribution in [0.3, 0.4) is 0 Å². The van der Waals surface area contributed by atoms with E-state index in [-0.39, 0.29) is 12.8 Å². The van der Waals surface area contributed by atoms with Gasteiger partial charge in [-0.3, -0.25) is 5.32 Å². The SMILES string of the molecule is O=C(Nc1nnc(C2CC2)s1)N[C@H]1CCC[C@H](C(F)(F)F)C1. The highest BCUT2D eigenvalue weighted by Gasteiger charge is 2.42.